The third-order valence-corrected chi connectivity index (χ3v) is 2.53. The Morgan fingerprint density at radius 3 is 2.82 bits per heavy atom. The van der Waals surface area contributed by atoms with Crippen molar-refractivity contribution in [3.8, 4) is 11.5 Å². The van der Waals surface area contributed by atoms with E-state index in [1.165, 1.54) is 0 Å². The number of hydrogen-bond acceptors (Lipinski definition) is 5. The topological polar surface area (TPSA) is 81.6 Å². The Morgan fingerprint density at radius 2 is 2.18 bits per heavy atom. The molecule has 0 bridgehead atoms. The van der Waals surface area contributed by atoms with Crippen molar-refractivity contribution in [2.75, 3.05) is 5.43 Å². The van der Waals surface area contributed by atoms with Crippen molar-refractivity contribution >= 4 is 5.82 Å². The van der Waals surface area contributed by atoms with Gasteiger partial charge >= 0.3 is 0 Å². The maximum Gasteiger partial charge on any atom is 0.180 e. The minimum Gasteiger partial charge on any atom is -0.308 e. The number of hydrazine groups is 1. The summed E-state index contributed by atoms with van der Waals surface area (Å²) in [6, 6.07) is 3.74. The third kappa shape index (κ3) is 2.26. The van der Waals surface area contributed by atoms with Gasteiger partial charge in [-0.2, -0.15) is 5.10 Å². The average molecular weight is 232 g/mol. The van der Waals surface area contributed by atoms with E-state index in [9.17, 15) is 0 Å². The van der Waals surface area contributed by atoms with Gasteiger partial charge in [0.2, 0.25) is 0 Å². The first-order chi connectivity index (χ1) is 8.28. The number of hydrogen-bond donors (Lipinski definition) is 2. The molecule has 6 nitrogen and oxygen atoms in total. The van der Waals surface area contributed by atoms with E-state index in [0.717, 1.165) is 24.4 Å². The van der Waals surface area contributed by atoms with Gasteiger partial charge in [-0.05, 0) is 19.4 Å². The molecular formula is C11H16N6. The largest absolute Gasteiger partial charge is 0.308 e. The van der Waals surface area contributed by atoms with E-state index >= 15 is 0 Å². The molecule has 0 amide bonds. The lowest BCUT2D eigenvalue weighted by molar-refractivity contribution is 0.663. The van der Waals surface area contributed by atoms with Gasteiger partial charge in [0.1, 0.15) is 11.5 Å². The van der Waals surface area contributed by atoms with Gasteiger partial charge in [0, 0.05) is 24.5 Å². The predicted molar refractivity (Wildman–Crippen MR) is 66.1 cm³/mol. The van der Waals surface area contributed by atoms with Gasteiger partial charge in [-0.25, -0.2) is 15.8 Å². The van der Waals surface area contributed by atoms with Crippen LogP contribution in [0.15, 0.2) is 18.3 Å². The number of aryl methyl sites for hydroxylation is 2. The van der Waals surface area contributed by atoms with Crippen LogP contribution in [0.25, 0.3) is 11.5 Å². The third-order valence-electron chi connectivity index (χ3n) is 2.53. The van der Waals surface area contributed by atoms with Gasteiger partial charge in [-0.1, -0.05) is 6.92 Å². The van der Waals surface area contributed by atoms with Crippen LogP contribution in [0.4, 0.5) is 5.82 Å². The Hall–Kier alpha value is -1.95. The van der Waals surface area contributed by atoms with Gasteiger partial charge in [-0.15, -0.1) is 0 Å². The van der Waals surface area contributed by atoms with Crippen molar-refractivity contribution < 1.29 is 0 Å². The maximum atomic E-state index is 5.40. The highest BCUT2D eigenvalue weighted by molar-refractivity contribution is 5.53. The SMILES string of the molecule is CCc1cc(NN)nc(-c2ccnn2CC)n1. The van der Waals surface area contributed by atoms with Gasteiger partial charge in [0.25, 0.3) is 0 Å². The fraction of sp³-hybridized carbons (Fsp3) is 0.364. The van der Waals surface area contributed by atoms with Gasteiger partial charge < -0.3 is 5.43 Å². The van der Waals surface area contributed by atoms with Crippen LogP contribution in [0, 0.1) is 0 Å². The lowest BCUT2D eigenvalue weighted by atomic mass is 10.3. The van der Waals surface area contributed by atoms with Crippen LogP contribution in [0.3, 0.4) is 0 Å². The molecule has 2 heterocycles. The summed E-state index contributed by atoms with van der Waals surface area (Å²) in [5.74, 6) is 6.67. The molecule has 0 aliphatic rings. The Labute approximate surface area is 99.9 Å². The lowest BCUT2D eigenvalue weighted by Gasteiger charge is -2.07. The maximum absolute atomic E-state index is 5.40. The quantitative estimate of drug-likeness (QED) is 0.611. The normalized spacial score (nSPS) is 10.5. The molecule has 17 heavy (non-hydrogen) atoms. The van der Waals surface area contributed by atoms with Crippen LogP contribution >= 0.6 is 0 Å². The molecule has 0 fully saturated rings. The molecule has 0 aliphatic carbocycles. The van der Waals surface area contributed by atoms with Gasteiger partial charge in [0.15, 0.2) is 5.82 Å². The number of rotatable bonds is 4. The van der Waals surface area contributed by atoms with E-state index in [2.05, 4.69) is 20.5 Å². The molecule has 0 aromatic carbocycles. The molecular weight excluding hydrogens is 216 g/mol. The molecule has 2 aromatic rings. The molecule has 0 saturated heterocycles. The van der Waals surface area contributed by atoms with Crippen LogP contribution in [0.1, 0.15) is 19.5 Å². The summed E-state index contributed by atoms with van der Waals surface area (Å²) in [6.07, 6.45) is 2.58. The standard InChI is InChI=1S/C11H16N6/c1-3-8-7-10(16-12)15-11(14-8)9-5-6-13-17(9)4-2/h5-7H,3-4,12H2,1-2H3,(H,14,15,16). The number of anilines is 1. The molecule has 6 heteroatoms. The van der Waals surface area contributed by atoms with Crippen molar-refractivity contribution in [3.05, 3.63) is 24.0 Å². The van der Waals surface area contributed by atoms with Crippen molar-refractivity contribution in [1.29, 1.82) is 0 Å². The first-order valence-corrected chi connectivity index (χ1v) is 5.65. The summed E-state index contributed by atoms with van der Waals surface area (Å²) in [4.78, 5) is 8.83. The van der Waals surface area contributed by atoms with Crippen LogP contribution in [0.2, 0.25) is 0 Å². The monoisotopic (exact) mass is 232 g/mol. The molecule has 0 saturated carbocycles. The van der Waals surface area contributed by atoms with Gasteiger partial charge in [0.05, 0.1) is 0 Å². The fourth-order valence-corrected chi connectivity index (χ4v) is 1.64. The van der Waals surface area contributed by atoms with E-state index in [1.807, 2.05) is 30.7 Å². The summed E-state index contributed by atoms with van der Waals surface area (Å²) < 4.78 is 1.86. The first-order valence-electron chi connectivity index (χ1n) is 5.65. The van der Waals surface area contributed by atoms with E-state index in [4.69, 9.17) is 5.84 Å². The van der Waals surface area contributed by atoms with Crippen LogP contribution in [-0.4, -0.2) is 19.7 Å². The second kappa shape index (κ2) is 4.92. The van der Waals surface area contributed by atoms with Crippen molar-refractivity contribution in [1.82, 2.24) is 19.7 Å². The highest BCUT2D eigenvalue weighted by Crippen LogP contribution is 2.17. The molecule has 90 valence electrons. The van der Waals surface area contributed by atoms with Crippen LogP contribution in [0.5, 0.6) is 0 Å². The van der Waals surface area contributed by atoms with Crippen molar-refractivity contribution in [2.45, 2.75) is 26.8 Å². The van der Waals surface area contributed by atoms with E-state index in [0.29, 0.717) is 11.6 Å². The first kappa shape index (κ1) is 11.5. The fourth-order valence-electron chi connectivity index (χ4n) is 1.64. The molecule has 0 spiro atoms. The second-order valence-electron chi connectivity index (χ2n) is 3.60. The molecule has 2 rings (SSSR count). The summed E-state index contributed by atoms with van der Waals surface area (Å²) in [5, 5.41) is 4.21. The summed E-state index contributed by atoms with van der Waals surface area (Å²) in [6.45, 7) is 4.86. The molecule has 0 aliphatic heterocycles. The number of aromatic nitrogens is 4. The summed E-state index contributed by atoms with van der Waals surface area (Å²) in [5.41, 5.74) is 4.41. The Bertz CT molecular complexity index is 482. The molecule has 0 unspecified atom stereocenters. The molecule has 0 radical (unpaired) electrons. The molecule has 3 N–H and O–H groups in total. The lowest BCUT2D eigenvalue weighted by Crippen LogP contribution is -2.11. The molecule has 0 atom stereocenters. The van der Waals surface area contributed by atoms with E-state index in [-0.39, 0.29) is 0 Å². The highest BCUT2D eigenvalue weighted by Gasteiger charge is 2.09. The number of nitrogens with two attached hydrogens (primary N) is 1. The Balaban J connectivity index is 2.51. The Kier molecular flexibility index (Phi) is 3.34. The number of nitrogen functional groups attached to an aromatic ring is 1. The zero-order valence-corrected chi connectivity index (χ0v) is 10.0. The van der Waals surface area contributed by atoms with E-state index in [1.54, 1.807) is 6.20 Å². The summed E-state index contributed by atoms with van der Waals surface area (Å²) >= 11 is 0. The predicted octanol–water partition coefficient (Wildman–Crippen LogP) is 1.21. The van der Waals surface area contributed by atoms with Gasteiger partial charge in [-0.3, -0.25) is 4.68 Å². The van der Waals surface area contributed by atoms with Crippen molar-refractivity contribution in [2.24, 2.45) is 5.84 Å². The van der Waals surface area contributed by atoms with Crippen molar-refractivity contribution in [3.63, 3.8) is 0 Å². The number of nitrogens with one attached hydrogen (secondary N) is 1. The minimum absolute atomic E-state index is 0.621. The minimum atomic E-state index is 0.621. The van der Waals surface area contributed by atoms with E-state index < -0.39 is 0 Å². The highest BCUT2D eigenvalue weighted by atomic mass is 15.3. The van der Waals surface area contributed by atoms with Crippen LogP contribution < -0.4 is 11.3 Å². The number of nitrogens with zero attached hydrogens (tertiary/aromatic N) is 4. The second-order valence-corrected chi connectivity index (χ2v) is 3.60. The van der Waals surface area contributed by atoms with Crippen LogP contribution in [-0.2, 0) is 13.0 Å². The average Bonchev–Trinajstić information content (AvgIpc) is 2.86. The molecule has 2 aromatic heterocycles. The summed E-state index contributed by atoms with van der Waals surface area (Å²) in [7, 11) is 0. The Morgan fingerprint density at radius 1 is 1.35 bits per heavy atom. The zero-order chi connectivity index (χ0) is 12.3. The zero-order valence-electron chi connectivity index (χ0n) is 10.0. The smallest absolute Gasteiger partial charge is 0.180 e.